The first-order valence-electron chi connectivity index (χ1n) is 21.7. The van der Waals surface area contributed by atoms with Gasteiger partial charge >= 0.3 is 0 Å². The minimum atomic E-state index is 0.211. The minimum Gasteiger partial charge on any atom is -0.455 e. The number of nitrogens with zero attached hydrogens (tertiary/aromatic N) is 4. The van der Waals surface area contributed by atoms with Gasteiger partial charge in [0.2, 0.25) is 0 Å². The zero-order valence-electron chi connectivity index (χ0n) is 36.4. The molecule has 0 bridgehead atoms. The quantitative estimate of drug-likeness (QED) is 0.138. The summed E-state index contributed by atoms with van der Waals surface area (Å²) in [4.78, 5) is 21.1. The molecule has 9 aromatic rings. The lowest BCUT2D eigenvalue weighted by molar-refractivity contribution is 0.670. The summed E-state index contributed by atoms with van der Waals surface area (Å²) in [5.41, 5.74) is 16.1. The van der Waals surface area contributed by atoms with Gasteiger partial charge in [-0.05, 0) is 98.5 Å². The third kappa shape index (κ3) is 7.54. The number of pyridine rings is 1. The number of furan rings is 1. The number of hydrogen-bond donors (Lipinski definition) is 0. The second-order valence-electron chi connectivity index (χ2n) is 17.4. The van der Waals surface area contributed by atoms with E-state index in [2.05, 4.69) is 182 Å². The monoisotopic (exact) mass is 796 g/mol. The lowest BCUT2D eigenvalue weighted by Gasteiger charge is -2.24. The van der Waals surface area contributed by atoms with Crippen LogP contribution in [0.5, 0.6) is 0 Å². The maximum atomic E-state index is 6.73. The van der Waals surface area contributed by atoms with E-state index in [0.29, 0.717) is 17.5 Å². The fourth-order valence-corrected chi connectivity index (χ4v) is 8.70. The van der Waals surface area contributed by atoms with Gasteiger partial charge in [-0.25, -0.2) is 15.0 Å². The van der Waals surface area contributed by atoms with Crippen molar-refractivity contribution in [2.24, 2.45) is 0 Å². The molecule has 0 radical (unpaired) electrons. The molecule has 0 fully saturated rings. The van der Waals surface area contributed by atoms with E-state index in [9.17, 15) is 0 Å². The summed E-state index contributed by atoms with van der Waals surface area (Å²) in [6, 6.07) is 49.3. The number of fused-ring (bicyclic) bond motifs is 3. The van der Waals surface area contributed by atoms with Crippen molar-refractivity contribution in [2.75, 3.05) is 0 Å². The van der Waals surface area contributed by atoms with Gasteiger partial charge in [-0.1, -0.05) is 165 Å². The highest BCUT2D eigenvalue weighted by Crippen LogP contribution is 2.43. The normalized spacial score (nSPS) is 11.9. The minimum absolute atomic E-state index is 0.211. The molecule has 3 aromatic heterocycles. The Labute approximate surface area is 359 Å². The second kappa shape index (κ2) is 16.4. The van der Waals surface area contributed by atoms with Crippen LogP contribution in [0.15, 0.2) is 150 Å². The number of rotatable bonds is 10. The topological polar surface area (TPSA) is 64.7 Å². The average molecular weight is 797 g/mol. The molecule has 0 saturated carbocycles. The van der Waals surface area contributed by atoms with Crippen molar-refractivity contribution in [2.45, 2.75) is 79.1 Å². The van der Waals surface area contributed by atoms with Gasteiger partial charge in [0.1, 0.15) is 11.2 Å². The molecule has 5 nitrogen and oxygen atoms in total. The first kappa shape index (κ1) is 39.7. The summed E-state index contributed by atoms with van der Waals surface area (Å²) < 4.78 is 6.73. The molecule has 61 heavy (non-hydrogen) atoms. The van der Waals surface area contributed by atoms with Crippen molar-refractivity contribution in [3.05, 3.63) is 168 Å². The van der Waals surface area contributed by atoms with Crippen LogP contribution >= 0.6 is 0 Å². The molecule has 0 amide bonds. The van der Waals surface area contributed by atoms with Gasteiger partial charge in [-0.2, -0.15) is 0 Å². The third-order valence-electron chi connectivity index (χ3n) is 11.9. The van der Waals surface area contributed by atoms with Crippen molar-refractivity contribution < 1.29 is 4.42 Å². The summed E-state index contributed by atoms with van der Waals surface area (Å²) in [6.07, 6.45) is 1.82. The van der Waals surface area contributed by atoms with Gasteiger partial charge < -0.3 is 4.42 Å². The van der Waals surface area contributed by atoms with Crippen molar-refractivity contribution in [1.82, 2.24) is 19.9 Å². The zero-order chi connectivity index (χ0) is 42.4. The summed E-state index contributed by atoms with van der Waals surface area (Å²) in [6.45, 7) is 18.2. The van der Waals surface area contributed by atoms with E-state index in [1.54, 1.807) is 0 Å². The van der Waals surface area contributed by atoms with Crippen LogP contribution < -0.4 is 0 Å². The Morgan fingerprint density at radius 1 is 0.393 bits per heavy atom. The SMILES string of the molecule is CC(C)c1cc(-c2ccccc2)cc(C(C)C)c1-c1nc(-c2ccc3c(c2)oc2c(-c4ccccn4)cccc23)nc(-c2c(C(C)C)cc(-c3ccccc3)cc2C(C)C)n1. The van der Waals surface area contributed by atoms with Gasteiger partial charge in [-0.15, -0.1) is 0 Å². The Morgan fingerprint density at radius 3 is 1.36 bits per heavy atom. The second-order valence-corrected chi connectivity index (χ2v) is 17.4. The highest BCUT2D eigenvalue weighted by molar-refractivity contribution is 6.10. The molecule has 0 saturated heterocycles. The zero-order valence-corrected chi connectivity index (χ0v) is 36.4. The maximum absolute atomic E-state index is 6.73. The summed E-state index contributed by atoms with van der Waals surface area (Å²) in [5, 5.41) is 2.08. The van der Waals surface area contributed by atoms with E-state index in [-0.39, 0.29) is 23.7 Å². The molecule has 0 aliphatic carbocycles. The average Bonchev–Trinajstić information content (AvgIpc) is 3.67. The lowest BCUT2D eigenvalue weighted by Crippen LogP contribution is -2.09. The number of benzene rings is 6. The molecule has 0 aliphatic rings. The Kier molecular flexibility index (Phi) is 10.7. The Hall–Kier alpha value is -6.72. The van der Waals surface area contributed by atoms with Gasteiger partial charge in [0.15, 0.2) is 17.5 Å². The van der Waals surface area contributed by atoms with Gasteiger partial charge in [0, 0.05) is 39.2 Å². The largest absolute Gasteiger partial charge is 0.455 e. The summed E-state index contributed by atoms with van der Waals surface area (Å²) in [5.74, 6) is 2.83. The molecular formula is C56H52N4O. The smallest absolute Gasteiger partial charge is 0.164 e. The van der Waals surface area contributed by atoms with E-state index in [1.807, 2.05) is 24.4 Å². The molecular weight excluding hydrogens is 745 g/mol. The van der Waals surface area contributed by atoms with E-state index in [4.69, 9.17) is 19.4 Å². The molecule has 0 aliphatic heterocycles. The van der Waals surface area contributed by atoms with Crippen LogP contribution in [0.3, 0.4) is 0 Å². The van der Waals surface area contributed by atoms with Gasteiger partial charge in [0.05, 0.1) is 5.69 Å². The molecule has 9 rings (SSSR count). The van der Waals surface area contributed by atoms with E-state index in [1.165, 1.54) is 44.5 Å². The van der Waals surface area contributed by atoms with Crippen LogP contribution in [0.4, 0.5) is 0 Å². The van der Waals surface area contributed by atoms with Gasteiger partial charge in [0.25, 0.3) is 0 Å². The number of hydrogen-bond acceptors (Lipinski definition) is 5. The molecule has 0 spiro atoms. The molecule has 6 aromatic carbocycles. The van der Waals surface area contributed by atoms with Crippen LogP contribution in [0.25, 0.3) is 89.6 Å². The highest BCUT2D eigenvalue weighted by Gasteiger charge is 2.26. The number of para-hydroxylation sites is 1. The lowest BCUT2D eigenvalue weighted by atomic mass is 9.84. The molecule has 0 N–H and O–H groups in total. The Bertz CT molecular complexity index is 2830. The molecule has 0 atom stereocenters. The van der Waals surface area contributed by atoms with Crippen molar-refractivity contribution in [3.8, 4) is 67.7 Å². The standard InChI is InChI=1S/C56H52N4O/c1-33(2)45-28-40(37-18-11-9-12-19-37)29-46(34(3)4)51(45)55-58-54(39-25-26-42-43-22-17-23-44(49-24-15-16-27-57-49)53(43)61-50(42)32-39)59-56(60-55)52-47(35(5)6)30-41(31-48(52)36(7)8)38-20-13-10-14-21-38/h9-36H,1-8H3. The Morgan fingerprint density at radius 2 is 0.885 bits per heavy atom. The summed E-state index contributed by atoms with van der Waals surface area (Å²) in [7, 11) is 0. The first-order valence-corrected chi connectivity index (χ1v) is 21.7. The highest BCUT2D eigenvalue weighted by atomic mass is 16.3. The van der Waals surface area contributed by atoms with Gasteiger partial charge in [-0.3, -0.25) is 4.98 Å². The Balaban J connectivity index is 1.33. The van der Waals surface area contributed by atoms with Crippen LogP contribution in [-0.2, 0) is 0 Å². The van der Waals surface area contributed by atoms with E-state index >= 15 is 0 Å². The molecule has 0 unspecified atom stereocenters. The first-order chi connectivity index (χ1) is 29.5. The van der Waals surface area contributed by atoms with Crippen molar-refractivity contribution in [3.63, 3.8) is 0 Å². The third-order valence-corrected chi connectivity index (χ3v) is 11.9. The molecule has 5 heteroatoms. The van der Waals surface area contributed by atoms with Crippen LogP contribution in [0, 0.1) is 0 Å². The number of aromatic nitrogens is 4. The summed E-state index contributed by atoms with van der Waals surface area (Å²) >= 11 is 0. The van der Waals surface area contributed by atoms with Crippen molar-refractivity contribution >= 4 is 21.9 Å². The van der Waals surface area contributed by atoms with E-state index in [0.717, 1.165) is 49.9 Å². The molecule has 302 valence electrons. The maximum Gasteiger partial charge on any atom is 0.164 e. The fraction of sp³-hybridized carbons (Fsp3) is 0.214. The fourth-order valence-electron chi connectivity index (χ4n) is 8.70. The predicted octanol–water partition coefficient (Wildman–Crippen LogP) is 15.7. The molecule has 3 heterocycles. The van der Waals surface area contributed by atoms with Crippen LogP contribution in [-0.4, -0.2) is 19.9 Å². The van der Waals surface area contributed by atoms with Crippen molar-refractivity contribution in [1.29, 1.82) is 0 Å². The predicted molar refractivity (Wildman–Crippen MR) is 254 cm³/mol. The van der Waals surface area contributed by atoms with Crippen LogP contribution in [0.2, 0.25) is 0 Å². The van der Waals surface area contributed by atoms with E-state index < -0.39 is 0 Å². The van der Waals surface area contributed by atoms with Crippen LogP contribution in [0.1, 0.15) is 101 Å².